The number of rotatable bonds is 6. The van der Waals surface area contributed by atoms with E-state index >= 15 is 0 Å². The van der Waals surface area contributed by atoms with E-state index in [2.05, 4.69) is 9.78 Å². The van der Waals surface area contributed by atoms with Crippen LogP contribution in [0.5, 0.6) is 5.75 Å². The molecule has 1 aromatic rings. The van der Waals surface area contributed by atoms with Crippen LogP contribution >= 0.6 is 23.2 Å². The summed E-state index contributed by atoms with van der Waals surface area (Å²) < 4.78 is 10.2. The molecular formula is C12H12Cl2O5. The molecule has 19 heavy (non-hydrogen) atoms. The van der Waals surface area contributed by atoms with Crippen LogP contribution in [0.2, 0.25) is 10.0 Å². The maximum absolute atomic E-state index is 11.7. The Bertz CT molecular complexity index is 473. The van der Waals surface area contributed by atoms with Crippen molar-refractivity contribution >= 4 is 29.2 Å². The lowest BCUT2D eigenvalue weighted by molar-refractivity contribution is -0.164. The molecule has 0 unspecified atom stereocenters. The smallest absolute Gasteiger partial charge is 0.459 e. The van der Waals surface area contributed by atoms with Gasteiger partial charge in [0.2, 0.25) is 0 Å². The Morgan fingerprint density at radius 1 is 1.37 bits per heavy atom. The number of carbonyl (C=O) groups is 1. The van der Waals surface area contributed by atoms with Crippen molar-refractivity contribution in [2.45, 2.75) is 25.7 Å². The Morgan fingerprint density at radius 2 is 2.11 bits per heavy atom. The van der Waals surface area contributed by atoms with Gasteiger partial charge in [-0.25, -0.2) is 4.79 Å². The third-order valence-electron chi connectivity index (χ3n) is 2.35. The van der Waals surface area contributed by atoms with Crippen molar-refractivity contribution in [1.82, 2.24) is 0 Å². The minimum Gasteiger partial charge on any atom is -0.459 e. The van der Waals surface area contributed by atoms with E-state index in [0.717, 1.165) is 12.8 Å². The average molecular weight is 307 g/mol. The highest BCUT2D eigenvalue weighted by atomic mass is 35.5. The van der Waals surface area contributed by atoms with E-state index < -0.39 is 11.9 Å². The summed E-state index contributed by atoms with van der Waals surface area (Å²) in [7, 11) is 0. The monoisotopic (exact) mass is 306 g/mol. The van der Waals surface area contributed by atoms with E-state index in [1.54, 1.807) is 6.07 Å². The van der Waals surface area contributed by atoms with Gasteiger partial charge in [-0.05, 0) is 24.6 Å². The summed E-state index contributed by atoms with van der Waals surface area (Å²) in [6, 6.07) is 4.56. The predicted molar refractivity (Wildman–Crippen MR) is 67.9 cm³/mol. The molecule has 1 aliphatic heterocycles. The van der Waals surface area contributed by atoms with E-state index in [-0.39, 0.29) is 17.4 Å². The van der Waals surface area contributed by atoms with Crippen molar-refractivity contribution in [2.24, 2.45) is 0 Å². The summed E-state index contributed by atoms with van der Waals surface area (Å²) in [6.07, 6.45) is 1.66. The van der Waals surface area contributed by atoms with E-state index in [0.29, 0.717) is 5.02 Å². The van der Waals surface area contributed by atoms with E-state index in [9.17, 15) is 4.79 Å². The number of unbranched alkanes of at least 4 members (excludes halogenated alkanes) is 1. The highest BCUT2D eigenvalue weighted by Gasteiger charge is 2.63. The van der Waals surface area contributed by atoms with Crippen LogP contribution in [0.4, 0.5) is 0 Å². The summed E-state index contributed by atoms with van der Waals surface area (Å²) >= 11 is 11.7. The quantitative estimate of drug-likeness (QED) is 0.349. The van der Waals surface area contributed by atoms with Gasteiger partial charge in [0.15, 0.2) is 0 Å². The number of esters is 1. The number of halogens is 2. The molecule has 0 radical (unpaired) electrons. The van der Waals surface area contributed by atoms with Crippen molar-refractivity contribution in [3.05, 3.63) is 28.2 Å². The second-order valence-electron chi connectivity index (χ2n) is 3.89. The molecule has 0 aliphatic carbocycles. The standard InChI is InChI=1S/C12H12Cl2O5/c1-2-3-6-16-11(15)12(18-19-12)17-10-5-4-8(13)7-9(10)14/h4-5,7H,2-3,6H2,1H3. The largest absolute Gasteiger partial charge is 0.484 e. The zero-order chi connectivity index (χ0) is 13.9. The zero-order valence-corrected chi connectivity index (χ0v) is 11.7. The van der Waals surface area contributed by atoms with Gasteiger partial charge in [-0.1, -0.05) is 36.5 Å². The van der Waals surface area contributed by atoms with Crippen LogP contribution in [0.25, 0.3) is 0 Å². The van der Waals surface area contributed by atoms with Crippen LogP contribution in [-0.4, -0.2) is 18.5 Å². The summed E-state index contributed by atoms with van der Waals surface area (Å²) in [6.45, 7) is 2.26. The molecule has 2 rings (SSSR count). The van der Waals surface area contributed by atoms with Gasteiger partial charge in [0.25, 0.3) is 0 Å². The highest BCUT2D eigenvalue weighted by Crippen LogP contribution is 2.38. The Balaban J connectivity index is 1.99. The second kappa shape index (κ2) is 5.96. The highest BCUT2D eigenvalue weighted by molar-refractivity contribution is 6.35. The minimum absolute atomic E-state index is 0.219. The molecule has 0 atom stereocenters. The normalized spacial score (nSPS) is 15.9. The van der Waals surface area contributed by atoms with Crippen LogP contribution in [0, 0.1) is 0 Å². The second-order valence-corrected chi connectivity index (χ2v) is 4.73. The van der Waals surface area contributed by atoms with Gasteiger partial charge < -0.3 is 9.47 Å². The van der Waals surface area contributed by atoms with Gasteiger partial charge in [0.05, 0.1) is 11.6 Å². The molecule has 104 valence electrons. The van der Waals surface area contributed by atoms with Crippen molar-refractivity contribution < 1.29 is 24.0 Å². The molecule has 1 fully saturated rings. The van der Waals surface area contributed by atoms with Crippen molar-refractivity contribution in [2.75, 3.05) is 6.61 Å². The lowest BCUT2D eigenvalue weighted by Gasteiger charge is -2.11. The van der Waals surface area contributed by atoms with Crippen molar-refractivity contribution in [3.63, 3.8) is 0 Å². The first-order valence-corrected chi connectivity index (χ1v) is 6.51. The topological polar surface area (TPSA) is 60.6 Å². The molecule has 0 saturated carbocycles. The maximum Gasteiger partial charge on any atom is 0.484 e. The number of carbonyl (C=O) groups excluding carboxylic acids is 1. The minimum atomic E-state index is -1.84. The number of hydrogen-bond donors (Lipinski definition) is 0. The molecule has 7 heteroatoms. The van der Waals surface area contributed by atoms with Crippen LogP contribution in [0.15, 0.2) is 18.2 Å². The van der Waals surface area contributed by atoms with Crippen LogP contribution in [-0.2, 0) is 19.3 Å². The molecule has 1 aromatic carbocycles. The molecule has 0 bridgehead atoms. The lowest BCUT2D eigenvalue weighted by atomic mass is 10.3. The molecule has 1 heterocycles. The Kier molecular flexibility index (Phi) is 4.52. The van der Waals surface area contributed by atoms with Gasteiger partial charge in [-0.2, -0.15) is 0 Å². The van der Waals surface area contributed by atoms with Gasteiger partial charge >= 0.3 is 11.9 Å². The zero-order valence-electron chi connectivity index (χ0n) is 10.2. The van der Waals surface area contributed by atoms with Crippen molar-refractivity contribution in [1.29, 1.82) is 0 Å². The molecule has 0 aromatic heterocycles. The first kappa shape index (κ1) is 14.4. The van der Waals surface area contributed by atoms with Gasteiger partial charge in [-0.15, -0.1) is 9.78 Å². The third-order valence-corrected chi connectivity index (χ3v) is 2.88. The molecule has 0 N–H and O–H groups in total. The molecular weight excluding hydrogens is 295 g/mol. The van der Waals surface area contributed by atoms with Gasteiger partial charge in [0, 0.05) is 5.02 Å². The average Bonchev–Trinajstić information content (AvgIpc) is 3.14. The van der Waals surface area contributed by atoms with Gasteiger partial charge in [0.1, 0.15) is 5.75 Å². The SMILES string of the molecule is CCCCOC(=O)C1(Oc2ccc(Cl)cc2Cl)OO1. The molecule has 1 aliphatic rings. The molecule has 0 amide bonds. The third kappa shape index (κ3) is 3.51. The fourth-order valence-electron chi connectivity index (χ4n) is 1.28. The van der Waals surface area contributed by atoms with E-state index in [1.807, 2.05) is 6.92 Å². The molecule has 5 nitrogen and oxygen atoms in total. The Hall–Kier alpha value is -1.01. The van der Waals surface area contributed by atoms with Crippen molar-refractivity contribution in [3.8, 4) is 5.75 Å². The first-order chi connectivity index (χ1) is 9.07. The summed E-state index contributed by atoms with van der Waals surface area (Å²) in [4.78, 5) is 20.9. The number of hydrogen-bond acceptors (Lipinski definition) is 5. The maximum atomic E-state index is 11.7. The summed E-state index contributed by atoms with van der Waals surface area (Å²) in [5, 5.41) is 0.696. The predicted octanol–water partition coefficient (Wildman–Crippen LogP) is 3.33. The van der Waals surface area contributed by atoms with Crippen LogP contribution in [0.3, 0.4) is 0 Å². The van der Waals surface area contributed by atoms with E-state index in [4.69, 9.17) is 32.7 Å². The summed E-state index contributed by atoms with van der Waals surface area (Å²) in [5.74, 6) is -2.37. The Morgan fingerprint density at radius 3 is 2.68 bits per heavy atom. The van der Waals surface area contributed by atoms with Crippen LogP contribution in [0.1, 0.15) is 19.8 Å². The molecule has 0 spiro atoms. The molecule has 1 saturated heterocycles. The van der Waals surface area contributed by atoms with E-state index in [1.165, 1.54) is 12.1 Å². The first-order valence-electron chi connectivity index (χ1n) is 5.75. The van der Waals surface area contributed by atoms with Crippen LogP contribution < -0.4 is 4.74 Å². The fraction of sp³-hybridized carbons (Fsp3) is 0.417. The number of ether oxygens (including phenoxy) is 2. The fourth-order valence-corrected chi connectivity index (χ4v) is 1.73. The summed E-state index contributed by atoms with van der Waals surface area (Å²) in [5.41, 5.74) is 0. The lowest BCUT2D eigenvalue weighted by Crippen LogP contribution is -2.33. The Labute approximate surface area is 120 Å². The number of benzene rings is 1. The van der Waals surface area contributed by atoms with Gasteiger partial charge in [-0.3, -0.25) is 0 Å².